The van der Waals surface area contributed by atoms with Gasteiger partial charge in [0, 0.05) is 6.26 Å². The molecule has 2 aliphatic rings. The van der Waals surface area contributed by atoms with Crippen molar-refractivity contribution in [3.8, 4) is 11.5 Å². The number of amides is 1. The van der Waals surface area contributed by atoms with E-state index in [2.05, 4.69) is 10.1 Å². The van der Waals surface area contributed by atoms with Crippen LogP contribution in [0.2, 0.25) is 5.02 Å². The topological polar surface area (TPSA) is 139 Å². The Labute approximate surface area is 207 Å². The van der Waals surface area contributed by atoms with E-state index < -0.39 is 21.7 Å². The second-order valence-electron chi connectivity index (χ2n) is 6.79. The molecule has 1 aromatic heterocycles. The Morgan fingerprint density at radius 2 is 2.12 bits per heavy atom. The molecule has 0 saturated carbocycles. The summed E-state index contributed by atoms with van der Waals surface area (Å²) in [6, 6.07) is 6.28. The summed E-state index contributed by atoms with van der Waals surface area (Å²) in [6.07, 6.45) is 2.33. The van der Waals surface area contributed by atoms with Crippen molar-refractivity contribution < 1.29 is 27.5 Å². The smallest absolute Gasteiger partial charge is 0.353 e. The highest BCUT2D eigenvalue weighted by atomic mass is 35.5. The fourth-order valence-electron chi connectivity index (χ4n) is 2.86. The van der Waals surface area contributed by atoms with Gasteiger partial charge in [0.1, 0.15) is 4.88 Å². The molecule has 0 unspecified atom stereocenters. The first-order chi connectivity index (χ1) is 16.1. The highest BCUT2D eigenvalue weighted by molar-refractivity contribution is 8.42. The number of aliphatic imine (C=N–C) groups is 1. The normalized spacial score (nSPS) is 16.9. The van der Waals surface area contributed by atoms with Crippen LogP contribution in [0.25, 0.3) is 6.08 Å². The van der Waals surface area contributed by atoms with E-state index in [9.17, 15) is 18.0 Å². The van der Waals surface area contributed by atoms with Crippen LogP contribution in [0.5, 0.6) is 11.5 Å². The van der Waals surface area contributed by atoms with Crippen molar-refractivity contribution in [2.75, 3.05) is 12.9 Å². The molecule has 4 rings (SSSR count). The number of hydrogen-bond donors (Lipinski definition) is 1. The lowest BCUT2D eigenvalue weighted by Gasteiger charge is -2.20. The first-order valence-corrected chi connectivity index (χ1v) is 13.5. The van der Waals surface area contributed by atoms with Gasteiger partial charge in [-0.15, -0.1) is 16.4 Å². The van der Waals surface area contributed by atoms with Gasteiger partial charge in [-0.2, -0.15) is 10.0 Å². The Morgan fingerprint density at radius 1 is 1.35 bits per heavy atom. The average molecular weight is 539 g/mol. The maximum absolute atomic E-state index is 12.6. The molecule has 1 amide bonds. The third kappa shape index (κ3) is 4.78. The summed E-state index contributed by atoms with van der Waals surface area (Å²) in [5, 5.41) is 15.0. The highest BCUT2D eigenvalue weighted by Gasteiger charge is 2.38. The number of hydrogen-bond acceptors (Lipinski definition) is 10. The Morgan fingerprint density at radius 3 is 2.76 bits per heavy atom. The number of esters is 1. The zero-order valence-corrected chi connectivity index (χ0v) is 20.8. The molecule has 0 spiro atoms. The van der Waals surface area contributed by atoms with Crippen LogP contribution < -0.4 is 9.47 Å². The monoisotopic (exact) mass is 538 g/mol. The maximum atomic E-state index is 12.6. The summed E-state index contributed by atoms with van der Waals surface area (Å²) in [4.78, 5) is 29.2. The number of hydrazone groups is 1. The van der Waals surface area contributed by atoms with Gasteiger partial charge in [0.2, 0.25) is 19.4 Å². The SMILES string of the molecule is CCOc1cc(C=C2C(=N)N3N=C(S(C)(=O)=O)SC3=NC2=O)cc(Cl)c1OC(=O)c1cccs1. The molecule has 2 aromatic rings. The van der Waals surface area contributed by atoms with Gasteiger partial charge in [0.05, 0.1) is 17.2 Å². The predicted molar refractivity (Wildman–Crippen MR) is 132 cm³/mol. The summed E-state index contributed by atoms with van der Waals surface area (Å²) in [5.41, 5.74) is 0.236. The van der Waals surface area contributed by atoms with E-state index in [0.29, 0.717) is 22.2 Å². The van der Waals surface area contributed by atoms with Crippen molar-refractivity contribution in [1.29, 1.82) is 5.41 Å². The van der Waals surface area contributed by atoms with Crippen molar-refractivity contribution in [1.82, 2.24) is 5.01 Å². The largest absolute Gasteiger partial charge is 0.490 e. The summed E-state index contributed by atoms with van der Waals surface area (Å²) in [5.74, 6) is -1.49. The van der Waals surface area contributed by atoms with Crippen LogP contribution in [-0.4, -0.2) is 53.5 Å². The summed E-state index contributed by atoms with van der Waals surface area (Å²) in [7, 11) is -3.64. The number of benzene rings is 1. The first-order valence-electron chi connectivity index (χ1n) is 9.50. The van der Waals surface area contributed by atoms with Crippen LogP contribution in [0.3, 0.4) is 0 Å². The van der Waals surface area contributed by atoms with E-state index in [1.165, 1.54) is 29.5 Å². The van der Waals surface area contributed by atoms with Crippen molar-refractivity contribution >= 4 is 77.9 Å². The number of ether oxygens (including phenoxy) is 2. The van der Waals surface area contributed by atoms with Crippen LogP contribution in [-0.2, 0) is 14.6 Å². The van der Waals surface area contributed by atoms with E-state index in [0.717, 1.165) is 11.3 Å². The van der Waals surface area contributed by atoms with E-state index in [1.807, 2.05) is 0 Å². The van der Waals surface area contributed by atoms with Gasteiger partial charge in [-0.3, -0.25) is 10.2 Å². The van der Waals surface area contributed by atoms with E-state index in [1.54, 1.807) is 24.4 Å². The molecule has 0 saturated heterocycles. The van der Waals surface area contributed by atoms with Crippen molar-refractivity contribution in [3.05, 3.63) is 50.7 Å². The van der Waals surface area contributed by atoms with Crippen LogP contribution in [0, 0.1) is 5.41 Å². The lowest BCUT2D eigenvalue weighted by Crippen LogP contribution is -2.35. The van der Waals surface area contributed by atoms with E-state index in [4.69, 9.17) is 26.5 Å². The Balaban J connectivity index is 1.69. The molecule has 0 radical (unpaired) electrons. The number of carbonyl (C=O) groups is 2. The highest BCUT2D eigenvalue weighted by Crippen LogP contribution is 2.38. The number of nitrogens with zero attached hydrogens (tertiary/aromatic N) is 3. The number of halogens is 1. The fraction of sp³-hybridized carbons (Fsp3) is 0.150. The number of sulfone groups is 1. The van der Waals surface area contributed by atoms with Crippen LogP contribution in [0.15, 0.2) is 45.3 Å². The lowest BCUT2D eigenvalue weighted by molar-refractivity contribution is -0.114. The number of rotatable bonds is 5. The molecule has 14 heteroatoms. The molecular formula is C20H15ClN4O6S3. The summed E-state index contributed by atoms with van der Waals surface area (Å²) >= 11 is 8.28. The van der Waals surface area contributed by atoms with E-state index in [-0.39, 0.29) is 44.1 Å². The fourth-order valence-corrected chi connectivity index (χ4v) is 5.40. The molecule has 1 aromatic carbocycles. The minimum absolute atomic E-state index is 0.0172. The predicted octanol–water partition coefficient (Wildman–Crippen LogP) is 3.64. The molecule has 10 nitrogen and oxygen atoms in total. The van der Waals surface area contributed by atoms with E-state index >= 15 is 0 Å². The van der Waals surface area contributed by atoms with Gasteiger partial charge in [-0.25, -0.2) is 13.2 Å². The van der Waals surface area contributed by atoms with Gasteiger partial charge < -0.3 is 9.47 Å². The van der Waals surface area contributed by atoms with Gasteiger partial charge in [-0.1, -0.05) is 17.7 Å². The lowest BCUT2D eigenvalue weighted by atomic mass is 10.1. The average Bonchev–Trinajstić information content (AvgIpc) is 3.43. The zero-order chi connectivity index (χ0) is 24.6. The molecule has 0 bridgehead atoms. The quantitative estimate of drug-likeness (QED) is 0.346. The Kier molecular flexibility index (Phi) is 6.62. The Hall–Kier alpha value is -3.00. The molecule has 0 atom stereocenters. The second kappa shape index (κ2) is 9.33. The summed E-state index contributed by atoms with van der Waals surface area (Å²) < 4.78 is 34.3. The minimum Gasteiger partial charge on any atom is -0.490 e. The molecular weight excluding hydrogens is 524 g/mol. The molecule has 0 fully saturated rings. The van der Waals surface area contributed by atoms with Crippen molar-refractivity contribution in [2.45, 2.75) is 6.92 Å². The number of thiophene rings is 1. The number of fused-ring (bicyclic) bond motifs is 1. The third-order valence-corrected chi connectivity index (χ3v) is 8.02. The van der Waals surface area contributed by atoms with Crippen LogP contribution in [0.1, 0.15) is 22.2 Å². The Bertz CT molecular complexity index is 1410. The van der Waals surface area contributed by atoms with Gasteiger partial charge >= 0.3 is 5.97 Å². The number of nitrogens with one attached hydrogen (secondary N) is 1. The van der Waals surface area contributed by atoms with Crippen molar-refractivity contribution in [3.63, 3.8) is 0 Å². The molecule has 1 N–H and O–H groups in total. The molecule has 34 heavy (non-hydrogen) atoms. The molecule has 2 aliphatic heterocycles. The zero-order valence-electron chi connectivity index (χ0n) is 17.6. The standard InChI is InChI=1S/C20H15ClN4O6S3/c1-3-30-13-9-10(8-12(21)15(13)31-18(27)14-5-4-6-32-14)7-11-16(22)25-19(23-17(11)26)33-20(24-25)34(2,28)29/h4-9,22H,3H2,1-2H3. The molecule has 3 heterocycles. The minimum atomic E-state index is -3.64. The molecule has 176 valence electrons. The molecule has 0 aliphatic carbocycles. The third-order valence-electron chi connectivity index (χ3n) is 4.31. The number of amidine groups is 2. The van der Waals surface area contributed by atoms with Gasteiger partial charge in [0.25, 0.3) is 5.91 Å². The number of carbonyl (C=O) groups excluding carboxylic acids is 2. The first kappa shape index (κ1) is 24.1. The second-order valence-corrected chi connectivity index (χ2v) is 11.3. The van der Waals surface area contributed by atoms with Crippen LogP contribution >= 0.6 is 34.7 Å². The van der Waals surface area contributed by atoms with Crippen LogP contribution in [0.4, 0.5) is 0 Å². The summed E-state index contributed by atoms with van der Waals surface area (Å²) in [6.45, 7) is 1.99. The van der Waals surface area contributed by atoms with Gasteiger partial charge in [0.15, 0.2) is 17.3 Å². The maximum Gasteiger partial charge on any atom is 0.353 e. The number of thioether (sulfide) groups is 1. The van der Waals surface area contributed by atoms with Crippen molar-refractivity contribution in [2.24, 2.45) is 10.1 Å². The van der Waals surface area contributed by atoms with Gasteiger partial charge in [-0.05, 0) is 53.9 Å².